The molecule has 4 heterocycles. The van der Waals surface area contributed by atoms with Crippen molar-refractivity contribution in [3.8, 4) is 17.3 Å². The van der Waals surface area contributed by atoms with Gasteiger partial charge in [0.2, 0.25) is 5.95 Å². The Kier molecular flexibility index (Phi) is 7.02. The van der Waals surface area contributed by atoms with E-state index in [1.807, 2.05) is 61.5 Å². The Balaban J connectivity index is 1.29. The molecule has 8 nitrogen and oxygen atoms in total. The summed E-state index contributed by atoms with van der Waals surface area (Å²) in [5, 5.41) is 0. The van der Waals surface area contributed by atoms with Gasteiger partial charge in [0.1, 0.15) is 18.1 Å². The van der Waals surface area contributed by atoms with Gasteiger partial charge in [-0.2, -0.15) is 0 Å². The Morgan fingerprint density at radius 2 is 1.78 bits per heavy atom. The molecule has 0 aliphatic carbocycles. The maximum Gasteiger partial charge on any atom is 0.226 e. The molecule has 8 heteroatoms. The molecule has 1 aliphatic heterocycles. The minimum absolute atomic E-state index is 0.109. The predicted octanol–water partition coefficient (Wildman–Crippen LogP) is 4.77. The van der Waals surface area contributed by atoms with Gasteiger partial charge < -0.3 is 9.64 Å². The number of aromatic nitrogens is 5. The van der Waals surface area contributed by atoms with Crippen LogP contribution in [-0.2, 0) is 17.9 Å². The summed E-state index contributed by atoms with van der Waals surface area (Å²) >= 11 is 0. The lowest BCUT2D eigenvalue weighted by atomic mass is 10.1. The largest absolute Gasteiger partial charge is 0.486 e. The van der Waals surface area contributed by atoms with Crippen molar-refractivity contribution in [2.75, 3.05) is 11.5 Å². The van der Waals surface area contributed by atoms with E-state index in [9.17, 15) is 4.79 Å². The molecule has 0 N–H and O–H groups in total. The van der Waals surface area contributed by atoms with Crippen molar-refractivity contribution in [3.63, 3.8) is 0 Å². The van der Waals surface area contributed by atoms with Crippen LogP contribution in [0, 0.1) is 0 Å². The maximum absolute atomic E-state index is 11.8. The van der Waals surface area contributed by atoms with E-state index in [0.717, 1.165) is 23.2 Å². The number of pyridine rings is 1. The monoisotopic (exact) mass is 478 g/mol. The van der Waals surface area contributed by atoms with Crippen LogP contribution in [0.25, 0.3) is 23.7 Å². The molecule has 1 aromatic carbocycles. The number of carbonyl (C=O) groups excluding carboxylic acids is 1. The number of hydrogen-bond donors (Lipinski definition) is 0. The van der Waals surface area contributed by atoms with Gasteiger partial charge in [0.25, 0.3) is 0 Å². The third kappa shape index (κ3) is 5.60. The lowest BCUT2D eigenvalue weighted by Crippen LogP contribution is -2.17. The molecule has 180 valence electrons. The molecular weight excluding hydrogens is 452 g/mol. The average molecular weight is 479 g/mol. The number of ether oxygens (including phenoxy) is 1. The Hall–Kier alpha value is -4.46. The van der Waals surface area contributed by atoms with Gasteiger partial charge in [0.15, 0.2) is 11.6 Å². The number of rotatable bonds is 9. The first-order valence-electron chi connectivity index (χ1n) is 11.9. The molecule has 4 aromatic rings. The van der Waals surface area contributed by atoms with Crippen molar-refractivity contribution in [2.24, 2.45) is 0 Å². The van der Waals surface area contributed by atoms with Crippen molar-refractivity contribution in [3.05, 3.63) is 89.6 Å². The van der Waals surface area contributed by atoms with Crippen LogP contribution in [0.5, 0.6) is 5.75 Å². The van der Waals surface area contributed by atoms with Crippen LogP contribution < -0.4 is 9.64 Å². The topological polar surface area (TPSA) is 94.0 Å². The van der Waals surface area contributed by atoms with Gasteiger partial charge in [-0.05, 0) is 65.6 Å². The highest BCUT2D eigenvalue weighted by Gasteiger charge is 2.22. The van der Waals surface area contributed by atoms with Gasteiger partial charge in [0, 0.05) is 44.3 Å². The van der Waals surface area contributed by atoms with E-state index < -0.39 is 0 Å². The third-order valence-corrected chi connectivity index (χ3v) is 5.81. The zero-order chi connectivity index (χ0) is 24.7. The number of Topliss-reactive ketones (excluding diaryl/α,β-unsaturated/α-hetero) is 1. The molecule has 0 amide bonds. The zero-order valence-corrected chi connectivity index (χ0v) is 20.0. The van der Waals surface area contributed by atoms with E-state index in [-0.39, 0.29) is 12.4 Å². The highest BCUT2D eigenvalue weighted by Crippen LogP contribution is 2.29. The van der Waals surface area contributed by atoms with Crippen molar-refractivity contribution in [1.82, 2.24) is 24.9 Å². The van der Waals surface area contributed by atoms with E-state index in [0.29, 0.717) is 42.7 Å². The molecule has 0 spiro atoms. The van der Waals surface area contributed by atoms with Gasteiger partial charge in [-0.15, -0.1) is 0 Å². The minimum atomic E-state index is 0.109. The van der Waals surface area contributed by atoms with Gasteiger partial charge in [-0.25, -0.2) is 19.9 Å². The Morgan fingerprint density at radius 1 is 0.944 bits per heavy atom. The number of ketones is 1. The van der Waals surface area contributed by atoms with Gasteiger partial charge in [0.05, 0.1) is 5.69 Å². The Morgan fingerprint density at radius 3 is 2.64 bits per heavy atom. The molecule has 0 radical (unpaired) electrons. The van der Waals surface area contributed by atoms with Crippen molar-refractivity contribution in [2.45, 2.75) is 32.9 Å². The highest BCUT2D eigenvalue weighted by atomic mass is 16.5. The molecule has 5 rings (SSSR count). The maximum atomic E-state index is 11.8. The van der Waals surface area contributed by atoms with Crippen LogP contribution in [0.4, 0.5) is 5.95 Å². The third-order valence-electron chi connectivity index (χ3n) is 5.81. The summed E-state index contributed by atoms with van der Waals surface area (Å²) in [6.45, 7) is 3.46. The normalized spacial score (nSPS) is 12.6. The van der Waals surface area contributed by atoms with Crippen LogP contribution in [0.1, 0.15) is 42.1 Å². The van der Waals surface area contributed by atoms with Crippen LogP contribution >= 0.6 is 0 Å². The van der Waals surface area contributed by atoms with Crippen LogP contribution in [0.15, 0.2) is 67.3 Å². The zero-order valence-electron chi connectivity index (χ0n) is 20.0. The smallest absolute Gasteiger partial charge is 0.226 e. The predicted molar refractivity (Wildman–Crippen MR) is 138 cm³/mol. The first kappa shape index (κ1) is 23.3. The Labute approximate surface area is 209 Å². The van der Waals surface area contributed by atoms with Crippen LogP contribution in [0.2, 0.25) is 0 Å². The second-order valence-electron chi connectivity index (χ2n) is 8.52. The SMILES string of the molecule is CCCC(=O)COc1ccc2c(c1)CN(c1nccc(-c3nccc(/C=C/c4ccncc4)n3)n1)C2. The van der Waals surface area contributed by atoms with E-state index >= 15 is 0 Å². The lowest BCUT2D eigenvalue weighted by Gasteiger charge is -2.15. The molecule has 0 saturated heterocycles. The number of anilines is 1. The molecule has 0 unspecified atom stereocenters. The van der Waals surface area contributed by atoms with E-state index in [1.54, 1.807) is 24.8 Å². The first-order chi connectivity index (χ1) is 17.7. The van der Waals surface area contributed by atoms with Crippen LogP contribution in [-0.4, -0.2) is 37.3 Å². The average Bonchev–Trinajstić information content (AvgIpc) is 3.35. The van der Waals surface area contributed by atoms with E-state index in [2.05, 4.69) is 24.8 Å². The fourth-order valence-corrected chi connectivity index (χ4v) is 3.99. The van der Waals surface area contributed by atoms with E-state index in [4.69, 9.17) is 9.72 Å². The number of carbonyl (C=O) groups is 1. The lowest BCUT2D eigenvalue weighted by molar-refractivity contribution is -0.121. The molecule has 0 saturated carbocycles. The summed E-state index contributed by atoms with van der Waals surface area (Å²) in [6, 6.07) is 13.5. The van der Waals surface area contributed by atoms with Crippen molar-refractivity contribution >= 4 is 23.9 Å². The molecule has 0 bridgehead atoms. The first-order valence-corrected chi connectivity index (χ1v) is 11.9. The number of hydrogen-bond acceptors (Lipinski definition) is 8. The van der Waals surface area contributed by atoms with Gasteiger partial charge in [-0.3, -0.25) is 9.78 Å². The van der Waals surface area contributed by atoms with Crippen molar-refractivity contribution in [1.29, 1.82) is 0 Å². The quantitative estimate of drug-likeness (QED) is 0.340. The number of benzene rings is 1. The summed E-state index contributed by atoms with van der Waals surface area (Å²) < 4.78 is 5.70. The molecular formula is C28H26N6O2. The highest BCUT2D eigenvalue weighted by molar-refractivity contribution is 5.79. The Bertz CT molecular complexity index is 1390. The fraction of sp³-hybridized carbons (Fsp3) is 0.214. The standard InChI is InChI=1S/C28H26N6O2/c1-2-3-24(35)19-36-25-7-5-21-17-34(18-22(21)16-25)28-31-15-11-26(33-28)27-30-14-10-23(32-27)6-4-20-8-12-29-13-9-20/h4-16H,2-3,17-19H2,1H3/b6-4+. The fourth-order valence-electron chi connectivity index (χ4n) is 3.99. The second kappa shape index (κ2) is 10.9. The molecule has 3 aromatic heterocycles. The molecule has 0 fully saturated rings. The summed E-state index contributed by atoms with van der Waals surface area (Å²) in [5.74, 6) is 1.98. The van der Waals surface area contributed by atoms with Crippen molar-refractivity contribution < 1.29 is 9.53 Å². The number of nitrogens with zero attached hydrogens (tertiary/aromatic N) is 6. The molecule has 1 aliphatic rings. The summed E-state index contributed by atoms with van der Waals surface area (Å²) in [4.78, 5) is 36.3. The van der Waals surface area contributed by atoms with Gasteiger partial charge in [-0.1, -0.05) is 19.1 Å². The summed E-state index contributed by atoms with van der Waals surface area (Å²) in [5.41, 5.74) is 4.83. The number of fused-ring (bicyclic) bond motifs is 1. The van der Waals surface area contributed by atoms with E-state index in [1.165, 1.54) is 5.56 Å². The van der Waals surface area contributed by atoms with Gasteiger partial charge >= 0.3 is 0 Å². The minimum Gasteiger partial charge on any atom is -0.486 e. The summed E-state index contributed by atoms with van der Waals surface area (Å²) in [7, 11) is 0. The second-order valence-corrected chi connectivity index (χ2v) is 8.52. The summed E-state index contributed by atoms with van der Waals surface area (Å²) in [6.07, 6.45) is 12.3. The van der Waals surface area contributed by atoms with Crippen LogP contribution in [0.3, 0.4) is 0 Å². The molecule has 0 atom stereocenters. The molecule has 36 heavy (non-hydrogen) atoms.